The van der Waals surface area contributed by atoms with Gasteiger partial charge in [0, 0.05) is 11.6 Å². The molecule has 1 atom stereocenters. The molecular weight excluding hydrogens is 514 g/mol. The molecule has 0 saturated carbocycles. The molecule has 32 heavy (non-hydrogen) atoms. The van der Waals surface area contributed by atoms with Gasteiger partial charge in [-0.25, -0.2) is 0 Å². The van der Waals surface area contributed by atoms with Crippen LogP contribution in [0.2, 0.25) is 20.1 Å². The number of nitrogens with one attached hydrogen (secondary N) is 1. The minimum Gasteiger partial charge on any atom is -0.482 e. The summed E-state index contributed by atoms with van der Waals surface area (Å²) in [5, 5.41) is 13.4. The van der Waals surface area contributed by atoms with Gasteiger partial charge in [0.25, 0.3) is 0 Å². The summed E-state index contributed by atoms with van der Waals surface area (Å²) in [7, 11) is 0. The Labute approximate surface area is 210 Å². The fraction of sp³-hybridized carbons (Fsp3) is 0.286. The highest BCUT2D eigenvalue weighted by molar-refractivity contribution is 7.99. The fourth-order valence-corrected chi connectivity index (χ4v) is 4.56. The van der Waals surface area contributed by atoms with Gasteiger partial charge in [-0.05, 0) is 56.7 Å². The van der Waals surface area contributed by atoms with Crippen LogP contribution in [0.4, 0.5) is 5.69 Å². The van der Waals surface area contributed by atoms with E-state index in [0.717, 1.165) is 11.3 Å². The number of hydrogen-bond acceptors (Lipinski definition) is 5. The van der Waals surface area contributed by atoms with Crippen LogP contribution >= 0.6 is 58.2 Å². The van der Waals surface area contributed by atoms with E-state index in [9.17, 15) is 4.79 Å². The maximum Gasteiger partial charge on any atom is 0.234 e. The Morgan fingerprint density at radius 1 is 1.12 bits per heavy atom. The highest BCUT2D eigenvalue weighted by Gasteiger charge is 2.20. The van der Waals surface area contributed by atoms with Crippen molar-refractivity contribution in [3.8, 4) is 5.75 Å². The van der Waals surface area contributed by atoms with Gasteiger partial charge in [-0.2, -0.15) is 0 Å². The Morgan fingerprint density at radius 3 is 2.53 bits per heavy atom. The summed E-state index contributed by atoms with van der Waals surface area (Å²) in [6.45, 7) is 6.43. The van der Waals surface area contributed by atoms with E-state index in [1.165, 1.54) is 23.9 Å². The van der Waals surface area contributed by atoms with E-state index in [1.807, 2.05) is 37.5 Å². The Kier molecular flexibility index (Phi) is 8.58. The maximum absolute atomic E-state index is 12.4. The molecule has 1 unspecified atom stereocenters. The smallest absolute Gasteiger partial charge is 0.234 e. The lowest BCUT2D eigenvalue weighted by atomic mass is 10.2. The van der Waals surface area contributed by atoms with Crippen LogP contribution in [-0.2, 0) is 11.3 Å². The molecule has 0 bridgehead atoms. The monoisotopic (exact) mass is 532 g/mol. The van der Waals surface area contributed by atoms with Crippen molar-refractivity contribution >= 4 is 69.8 Å². The van der Waals surface area contributed by atoms with Crippen LogP contribution in [0.3, 0.4) is 0 Å². The molecule has 0 spiro atoms. The van der Waals surface area contributed by atoms with Crippen LogP contribution in [0.5, 0.6) is 5.75 Å². The molecule has 1 N–H and O–H groups in total. The number of rotatable bonds is 8. The van der Waals surface area contributed by atoms with Gasteiger partial charge >= 0.3 is 0 Å². The van der Waals surface area contributed by atoms with E-state index >= 15 is 0 Å². The molecule has 0 saturated heterocycles. The fourth-order valence-electron chi connectivity index (χ4n) is 2.93. The quantitative estimate of drug-likeness (QED) is 0.247. The van der Waals surface area contributed by atoms with Crippen molar-refractivity contribution in [3.63, 3.8) is 0 Å². The molecular formula is C21H20Cl4N4O2S. The predicted octanol–water partition coefficient (Wildman–Crippen LogP) is 7.09. The van der Waals surface area contributed by atoms with E-state index in [2.05, 4.69) is 15.5 Å². The first-order valence-corrected chi connectivity index (χ1v) is 12.1. The van der Waals surface area contributed by atoms with E-state index in [0.29, 0.717) is 43.3 Å². The van der Waals surface area contributed by atoms with Crippen molar-refractivity contribution in [2.75, 3.05) is 11.1 Å². The number of amides is 1. The molecule has 170 valence electrons. The van der Waals surface area contributed by atoms with E-state index in [4.69, 9.17) is 51.1 Å². The van der Waals surface area contributed by atoms with Gasteiger partial charge in [0.1, 0.15) is 5.75 Å². The standard InChI is InChI=1S/C21H20Cl4N4O2S/c1-4-29-20(12(3)31-18-6-5-13(22)7-11(18)2)27-28-21(29)32-10-19(30)26-17-9-15(24)14(23)8-16(17)25/h5-9,12H,4,10H2,1-3H3,(H,26,30). The van der Waals surface area contributed by atoms with Crippen molar-refractivity contribution in [2.24, 2.45) is 0 Å². The zero-order valence-corrected chi connectivity index (χ0v) is 21.3. The van der Waals surface area contributed by atoms with Gasteiger partial charge in [0.05, 0.1) is 26.5 Å². The van der Waals surface area contributed by atoms with Gasteiger partial charge in [0.2, 0.25) is 5.91 Å². The number of ether oxygens (including phenoxy) is 1. The first kappa shape index (κ1) is 25.0. The Balaban J connectivity index is 1.67. The van der Waals surface area contributed by atoms with Gasteiger partial charge in [-0.3, -0.25) is 4.79 Å². The lowest BCUT2D eigenvalue weighted by Crippen LogP contribution is -2.16. The second-order valence-corrected chi connectivity index (χ2v) is 9.44. The number of halogens is 4. The highest BCUT2D eigenvalue weighted by atomic mass is 35.5. The molecule has 2 aromatic carbocycles. The van der Waals surface area contributed by atoms with Crippen LogP contribution in [-0.4, -0.2) is 26.4 Å². The van der Waals surface area contributed by atoms with Crippen molar-refractivity contribution in [2.45, 2.75) is 38.6 Å². The summed E-state index contributed by atoms with van der Waals surface area (Å²) >= 11 is 25.3. The summed E-state index contributed by atoms with van der Waals surface area (Å²) < 4.78 is 7.99. The number of benzene rings is 2. The van der Waals surface area contributed by atoms with Crippen LogP contribution in [0.25, 0.3) is 0 Å². The van der Waals surface area contributed by atoms with Crippen molar-refractivity contribution in [3.05, 3.63) is 61.8 Å². The highest BCUT2D eigenvalue weighted by Crippen LogP contribution is 2.33. The molecule has 0 aliphatic carbocycles. The molecule has 6 nitrogen and oxygen atoms in total. The molecule has 0 aliphatic heterocycles. The van der Waals surface area contributed by atoms with E-state index in [-0.39, 0.29) is 17.8 Å². The number of anilines is 1. The molecule has 0 fully saturated rings. The first-order valence-electron chi connectivity index (χ1n) is 9.62. The topological polar surface area (TPSA) is 69.0 Å². The first-order chi connectivity index (χ1) is 15.2. The maximum atomic E-state index is 12.4. The summed E-state index contributed by atoms with van der Waals surface area (Å²) in [6, 6.07) is 8.45. The molecule has 0 aliphatic rings. The SMILES string of the molecule is CCn1c(SCC(=O)Nc2cc(Cl)c(Cl)cc2Cl)nnc1C(C)Oc1ccc(Cl)cc1C. The molecule has 1 amide bonds. The molecule has 11 heteroatoms. The predicted molar refractivity (Wildman–Crippen MR) is 132 cm³/mol. The van der Waals surface area contributed by atoms with Crippen LogP contribution in [0, 0.1) is 6.92 Å². The number of carbonyl (C=O) groups is 1. The number of carbonyl (C=O) groups excluding carboxylic acids is 1. The molecule has 1 heterocycles. The van der Waals surface area contributed by atoms with Crippen LogP contribution < -0.4 is 10.1 Å². The molecule has 3 rings (SSSR count). The normalized spacial score (nSPS) is 12.0. The van der Waals surface area contributed by atoms with Gasteiger partial charge in [0.15, 0.2) is 17.1 Å². The average molecular weight is 534 g/mol. The molecule has 0 radical (unpaired) electrons. The average Bonchev–Trinajstić information content (AvgIpc) is 3.15. The number of aromatic nitrogens is 3. The lowest BCUT2D eigenvalue weighted by molar-refractivity contribution is -0.113. The third kappa shape index (κ3) is 6.02. The van der Waals surface area contributed by atoms with Crippen LogP contribution in [0.1, 0.15) is 31.3 Å². The molecule has 1 aromatic heterocycles. The Hall–Kier alpha value is -1.64. The van der Waals surface area contributed by atoms with Gasteiger partial charge < -0.3 is 14.6 Å². The Morgan fingerprint density at radius 2 is 1.84 bits per heavy atom. The lowest BCUT2D eigenvalue weighted by Gasteiger charge is -2.17. The van der Waals surface area contributed by atoms with Gasteiger partial charge in [-0.15, -0.1) is 10.2 Å². The number of nitrogens with zero attached hydrogens (tertiary/aromatic N) is 3. The zero-order valence-electron chi connectivity index (χ0n) is 17.5. The third-order valence-electron chi connectivity index (χ3n) is 4.48. The molecule has 3 aromatic rings. The van der Waals surface area contributed by atoms with Crippen molar-refractivity contribution in [1.82, 2.24) is 14.8 Å². The minimum absolute atomic E-state index is 0.111. The van der Waals surface area contributed by atoms with Gasteiger partial charge in [-0.1, -0.05) is 58.2 Å². The minimum atomic E-state index is -0.347. The summed E-state index contributed by atoms with van der Waals surface area (Å²) in [5.74, 6) is 1.24. The second-order valence-electron chi connectivity index (χ2n) is 6.84. The summed E-state index contributed by atoms with van der Waals surface area (Å²) in [5.41, 5.74) is 1.32. The van der Waals surface area contributed by atoms with E-state index < -0.39 is 0 Å². The number of thioether (sulfide) groups is 1. The number of aryl methyl sites for hydroxylation is 1. The summed E-state index contributed by atoms with van der Waals surface area (Å²) in [6.07, 6.45) is -0.347. The Bertz CT molecular complexity index is 1140. The zero-order chi connectivity index (χ0) is 23.4. The third-order valence-corrected chi connectivity index (χ3v) is 6.72. The largest absolute Gasteiger partial charge is 0.482 e. The van der Waals surface area contributed by atoms with Crippen LogP contribution in [0.15, 0.2) is 35.5 Å². The van der Waals surface area contributed by atoms with E-state index in [1.54, 1.807) is 6.07 Å². The van der Waals surface area contributed by atoms with Crippen molar-refractivity contribution < 1.29 is 9.53 Å². The summed E-state index contributed by atoms with van der Waals surface area (Å²) in [4.78, 5) is 12.4. The number of hydrogen-bond donors (Lipinski definition) is 1. The second kappa shape index (κ2) is 11.0. The van der Waals surface area contributed by atoms with Crippen molar-refractivity contribution in [1.29, 1.82) is 0 Å².